The molecule has 128 valence electrons. The minimum absolute atomic E-state index is 0.104. The van der Waals surface area contributed by atoms with Crippen molar-refractivity contribution in [3.63, 3.8) is 0 Å². The van der Waals surface area contributed by atoms with Gasteiger partial charge < -0.3 is 19.9 Å². The number of hydrogen-bond donors (Lipinski definition) is 2. The van der Waals surface area contributed by atoms with E-state index in [1.807, 2.05) is 19.1 Å². The molecule has 3 rings (SSSR count). The number of amides is 2. The maximum Gasteiger partial charge on any atom is 0.323 e. The summed E-state index contributed by atoms with van der Waals surface area (Å²) >= 11 is 0. The Morgan fingerprint density at radius 1 is 1.04 bits per heavy atom. The molecule has 0 saturated heterocycles. The summed E-state index contributed by atoms with van der Waals surface area (Å²) in [5, 5.41) is 6.83. The smallest absolute Gasteiger partial charge is 0.323 e. The maximum absolute atomic E-state index is 12.3. The Morgan fingerprint density at radius 2 is 1.72 bits per heavy atom. The highest BCUT2D eigenvalue weighted by atomic mass is 16.5. The van der Waals surface area contributed by atoms with Crippen LogP contribution in [0.1, 0.15) is 6.92 Å². The van der Waals surface area contributed by atoms with Crippen molar-refractivity contribution in [2.45, 2.75) is 6.92 Å². The van der Waals surface area contributed by atoms with Gasteiger partial charge in [0.15, 0.2) is 0 Å². The van der Waals surface area contributed by atoms with Crippen molar-refractivity contribution in [1.29, 1.82) is 0 Å². The molecule has 2 N–H and O–H groups in total. The minimum atomic E-state index is -0.382. The van der Waals surface area contributed by atoms with Crippen LogP contribution in [0.5, 0.6) is 5.75 Å². The first-order valence-corrected chi connectivity index (χ1v) is 7.97. The molecule has 0 fully saturated rings. The van der Waals surface area contributed by atoms with Crippen LogP contribution in [0, 0.1) is 0 Å². The Morgan fingerprint density at radius 3 is 2.40 bits per heavy atom. The van der Waals surface area contributed by atoms with Crippen LogP contribution in [0.15, 0.2) is 59.5 Å². The molecule has 6 heteroatoms. The van der Waals surface area contributed by atoms with Crippen LogP contribution in [-0.4, -0.2) is 17.2 Å². The third-order valence-corrected chi connectivity index (χ3v) is 3.76. The number of benzene rings is 2. The van der Waals surface area contributed by atoms with Crippen LogP contribution in [-0.2, 0) is 7.05 Å². The van der Waals surface area contributed by atoms with Crippen LogP contribution in [0.25, 0.3) is 10.8 Å². The summed E-state index contributed by atoms with van der Waals surface area (Å²) in [6, 6.07) is 13.9. The molecule has 0 atom stereocenters. The Balaban J connectivity index is 1.80. The average molecular weight is 337 g/mol. The molecule has 0 unspecified atom stereocenters. The van der Waals surface area contributed by atoms with Gasteiger partial charge in [0.2, 0.25) is 0 Å². The molecule has 0 saturated carbocycles. The molecule has 0 bridgehead atoms. The standard InChI is InChI=1S/C19H19N3O3/c1-3-25-14-10-8-13(9-11-14)20-19(24)21-17-12-22(2)18(23)16-7-5-4-6-15(16)17/h4-12H,3H2,1-2H3,(H2,20,21,24). The van der Waals surface area contributed by atoms with Crippen LogP contribution >= 0.6 is 0 Å². The molecule has 0 aliphatic heterocycles. The van der Waals surface area contributed by atoms with Gasteiger partial charge in [0.25, 0.3) is 5.56 Å². The fraction of sp³-hybridized carbons (Fsp3) is 0.158. The van der Waals surface area contributed by atoms with E-state index in [4.69, 9.17) is 4.74 Å². The number of carbonyl (C=O) groups is 1. The molecule has 6 nitrogen and oxygen atoms in total. The van der Waals surface area contributed by atoms with Gasteiger partial charge in [0, 0.05) is 29.7 Å². The summed E-state index contributed by atoms with van der Waals surface area (Å²) < 4.78 is 6.83. The van der Waals surface area contributed by atoms with Crippen molar-refractivity contribution in [2.75, 3.05) is 17.2 Å². The second-order valence-corrected chi connectivity index (χ2v) is 5.54. The summed E-state index contributed by atoms with van der Waals surface area (Å²) in [6.07, 6.45) is 1.61. The topological polar surface area (TPSA) is 72.4 Å². The van der Waals surface area contributed by atoms with Gasteiger partial charge in [-0.3, -0.25) is 4.79 Å². The highest BCUT2D eigenvalue weighted by Gasteiger charge is 2.09. The minimum Gasteiger partial charge on any atom is -0.494 e. The summed E-state index contributed by atoms with van der Waals surface area (Å²) in [6.45, 7) is 2.50. The zero-order valence-corrected chi connectivity index (χ0v) is 14.1. The Hall–Kier alpha value is -3.28. The van der Waals surface area contributed by atoms with Gasteiger partial charge in [-0.15, -0.1) is 0 Å². The van der Waals surface area contributed by atoms with Gasteiger partial charge in [0.1, 0.15) is 5.75 Å². The van der Waals surface area contributed by atoms with E-state index in [0.29, 0.717) is 28.8 Å². The van der Waals surface area contributed by atoms with E-state index in [-0.39, 0.29) is 11.6 Å². The quantitative estimate of drug-likeness (QED) is 0.764. The van der Waals surface area contributed by atoms with Crippen molar-refractivity contribution >= 4 is 28.2 Å². The van der Waals surface area contributed by atoms with E-state index in [0.717, 1.165) is 5.75 Å². The van der Waals surface area contributed by atoms with Crippen LogP contribution in [0.3, 0.4) is 0 Å². The lowest BCUT2D eigenvalue weighted by atomic mass is 10.1. The summed E-state index contributed by atoms with van der Waals surface area (Å²) in [4.78, 5) is 24.5. The maximum atomic E-state index is 12.3. The highest BCUT2D eigenvalue weighted by Crippen LogP contribution is 2.21. The fourth-order valence-electron chi connectivity index (χ4n) is 2.60. The van der Waals surface area contributed by atoms with Crippen molar-refractivity contribution in [1.82, 2.24) is 4.57 Å². The lowest BCUT2D eigenvalue weighted by Crippen LogP contribution is -2.22. The number of aryl methyl sites for hydroxylation is 1. The van der Waals surface area contributed by atoms with Gasteiger partial charge >= 0.3 is 6.03 Å². The van der Waals surface area contributed by atoms with E-state index in [9.17, 15) is 9.59 Å². The molecule has 2 amide bonds. The van der Waals surface area contributed by atoms with Gasteiger partial charge in [-0.05, 0) is 37.3 Å². The first kappa shape index (κ1) is 16.6. The number of nitrogens with zero attached hydrogens (tertiary/aromatic N) is 1. The van der Waals surface area contributed by atoms with E-state index < -0.39 is 0 Å². The van der Waals surface area contributed by atoms with Crippen LogP contribution in [0.4, 0.5) is 16.2 Å². The van der Waals surface area contributed by atoms with E-state index in [1.165, 1.54) is 4.57 Å². The molecule has 0 radical (unpaired) electrons. The number of nitrogens with one attached hydrogen (secondary N) is 2. The normalized spacial score (nSPS) is 10.5. The van der Waals surface area contributed by atoms with Crippen molar-refractivity contribution in [3.8, 4) is 5.75 Å². The first-order valence-electron chi connectivity index (χ1n) is 7.97. The molecule has 1 heterocycles. The average Bonchev–Trinajstić information content (AvgIpc) is 2.61. The van der Waals surface area contributed by atoms with Gasteiger partial charge in [-0.1, -0.05) is 18.2 Å². The molecular formula is C19H19N3O3. The van der Waals surface area contributed by atoms with Gasteiger partial charge in [0.05, 0.1) is 12.3 Å². The first-order chi connectivity index (χ1) is 12.1. The summed E-state index contributed by atoms with van der Waals surface area (Å²) in [7, 11) is 1.66. The van der Waals surface area contributed by atoms with Crippen LogP contribution in [0.2, 0.25) is 0 Å². The molecule has 0 aliphatic rings. The number of pyridine rings is 1. The molecule has 1 aromatic heterocycles. The number of carbonyl (C=O) groups excluding carboxylic acids is 1. The second-order valence-electron chi connectivity index (χ2n) is 5.54. The summed E-state index contributed by atoms with van der Waals surface area (Å²) in [5.74, 6) is 0.748. The molecule has 2 aromatic carbocycles. The van der Waals surface area contributed by atoms with E-state index in [2.05, 4.69) is 10.6 Å². The SMILES string of the molecule is CCOc1ccc(NC(=O)Nc2cn(C)c(=O)c3ccccc23)cc1. The van der Waals surface area contributed by atoms with Gasteiger partial charge in [-0.2, -0.15) is 0 Å². The number of urea groups is 1. The molecular weight excluding hydrogens is 318 g/mol. The number of aromatic nitrogens is 1. The van der Waals surface area contributed by atoms with Crippen molar-refractivity contribution in [3.05, 3.63) is 65.1 Å². The third kappa shape index (κ3) is 3.63. The largest absolute Gasteiger partial charge is 0.494 e. The zero-order chi connectivity index (χ0) is 17.8. The van der Waals surface area contributed by atoms with E-state index in [1.54, 1.807) is 49.6 Å². The molecule has 3 aromatic rings. The third-order valence-electron chi connectivity index (χ3n) is 3.76. The number of rotatable bonds is 4. The highest BCUT2D eigenvalue weighted by molar-refractivity contribution is 6.05. The summed E-state index contributed by atoms with van der Waals surface area (Å²) in [5.41, 5.74) is 1.12. The molecule has 0 aliphatic carbocycles. The predicted octanol–water partition coefficient (Wildman–Crippen LogP) is 3.58. The monoisotopic (exact) mass is 337 g/mol. The predicted molar refractivity (Wildman–Crippen MR) is 99.4 cm³/mol. The Labute approximate surface area is 145 Å². The fourth-order valence-corrected chi connectivity index (χ4v) is 2.60. The lowest BCUT2D eigenvalue weighted by Gasteiger charge is -2.12. The number of fused-ring (bicyclic) bond motifs is 1. The number of ether oxygens (including phenoxy) is 1. The van der Waals surface area contributed by atoms with E-state index >= 15 is 0 Å². The van der Waals surface area contributed by atoms with Crippen molar-refractivity contribution < 1.29 is 9.53 Å². The Bertz CT molecular complexity index is 962. The van der Waals surface area contributed by atoms with Crippen LogP contribution < -0.4 is 20.9 Å². The Kier molecular flexibility index (Phi) is 4.70. The molecule has 25 heavy (non-hydrogen) atoms. The number of hydrogen-bond acceptors (Lipinski definition) is 3. The lowest BCUT2D eigenvalue weighted by molar-refractivity contribution is 0.262. The second kappa shape index (κ2) is 7.09. The van der Waals surface area contributed by atoms with Gasteiger partial charge in [-0.25, -0.2) is 4.79 Å². The van der Waals surface area contributed by atoms with Crippen molar-refractivity contribution in [2.24, 2.45) is 7.05 Å². The molecule has 0 spiro atoms. The number of anilines is 2. The zero-order valence-electron chi connectivity index (χ0n) is 14.1.